The fourth-order valence-corrected chi connectivity index (χ4v) is 0.967. The van der Waals surface area contributed by atoms with E-state index in [1.807, 2.05) is 6.92 Å². The lowest BCUT2D eigenvalue weighted by atomic mass is 10.2. The Kier molecular flexibility index (Phi) is 2.89. The van der Waals surface area contributed by atoms with E-state index in [0.29, 0.717) is 12.8 Å². The van der Waals surface area contributed by atoms with Crippen molar-refractivity contribution in [2.24, 2.45) is 0 Å². The molecule has 1 heterocycles. The molecule has 1 rings (SSSR count). The van der Waals surface area contributed by atoms with E-state index in [2.05, 4.69) is 9.97 Å². The Balaban J connectivity index is 3.10. The molecule has 4 nitrogen and oxygen atoms in total. The number of rotatable bonds is 3. The number of aromatic nitrogens is 2. The second-order valence-corrected chi connectivity index (χ2v) is 2.54. The van der Waals surface area contributed by atoms with Gasteiger partial charge in [-0.25, -0.2) is 19.2 Å². The summed E-state index contributed by atoms with van der Waals surface area (Å²) >= 11 is 0. The summed E-state index contributed by atoms with van der Waals surface area (Å²) in [6.45, 7) is 1.86. The maximum absolute atomic E-state index is 13.2. The molecule has 0 aliphatic heterocycles. The Morgan fingerprint density at radius 1 is 1.62 bits per heavy atom. The molecule has 0 aliphatic carbocycles. The third-order valence-corrected chi connectivity index (χ3v) is 1.55. The number of halogens is 1. The van der Waals surface area contributed by atoms with Gasteiger partial charge in [-0.15, -0.1) is 0 Å². The molecule has 1 aromatic rings. The van der Waals surface area contributed by atoms with Gasteiger partial charge in [0.1, 0.15) is 6.33 Å². The van der Waals surface area contributed by atoms with Crippen LogP contribution >= 0.6 is 0 Å². The van der Waals surface area contributed by atoms with Crippen LogP contribution in [0.15, 0.2) is 6.33 Å². The van der Waals surface area contributed by atoms with Crippen LogP contribution in [0.2, 0.25) is 0 Å². The van der Waals surface area contributed by atoms with Crippen LogP contribution < -0.4 is 0 Å². The zero-order valence-corrected chi connectivity index (χ0v) is 7.12. The zero-order valence-electron chi connectivity index (χ0n) is 7.12. The van der Waals surface area contributed by atoms with Crippen LogP contribution in [0, 0.1) is 5.82 Å². The second-order valence-electron chi connectivity index (χ2n) is 2.54. The molecule has 1 aromatic heterocycles. The quantitative estimate of drug-likeness (QED) is 0.768. The van der Waals surface area contributed by atoms with E-state index in [-0.39, 0.29) is 5.69 Å². The summed E-state index contributed by atoms with van der Waals surface area (Å²) in [4.78, 5) is 17.4. The molecule has 1 N–H and O–H groups in total. The van der Waals surface area contributed by atoms with E-state index in [9.17, 15) is 9.18 Å². The van der Waals surface area contributed by atoms with Crippen LogP contribution in [0.1, 0.15) is 29.5 Å². The van der Waals surface area contributed by atoms with Crippen LogP contribution in [0.5, 0.6) is 0 Å². The highest BCUT2D eigenvalue weighted by molar-refractivity contribution is 5.85. The fourth-order valence-electron chi connectivity index (χ4n) is 0.967. The average molecular weight is 184 g/mol. The topological polar surface area (TPSA) is 63.1 Å². The summed E-state index contributed by atoms with van der Waals surface area (Å²) in [7, 11) is 0. The van der Waals surface area contributed by atoms with Crippen molar-refractivity contribution in [3.63, 3.8) is 0 Å². The molecule has 5 heteroatoms. The highest BCUT2D eigenvalue weighted by atomic mass is 19.1. The lowest BCUT2D eigenvalue weighted by Crippen LogP contribution is -2.08. The number of hydrogen-bond donors (Lipinski definition) is 1. The molecule has 13 heavy (non-hydrogen) atoms. The molecular weight excluding hydrogens is 175 g/mol. The van der Waals surface area contributed by atoms with Crippen molar-refractivity contribution in [3.8, 4) is 0 Å². The van der Waals surface area contributed by atoms with E-state index in [0.717, 1.165) is 6.33 Å². The first-order chi connectivity index (χ1) is 6.16. The van der Waals surface area contributed by atoms with Crippen molar-refractivity contribution >= 4 is 5.97 Å². The summed E-state index contributed by atoms with van der Waals surface area (Å²) in [6.07, 6.45) is 2.21. The van der Waals surface area contributed by atoms with E-state index in [1.54, 1.807) is 0 Å². The fraction of sp³-hybridized carbons (Fsp3) is 0.375. The van der Waals surface area contributed by atoms with Crippen LogP contribution in [-0.2, 0) is 6.42 Å². The molecule has 0 saturated heterocycles. The third-order valence-electron chi connectivity index (χ3n) is 1.55. The van der Waals surface area contributed by atoms with Crippen molar-refractivity contribution < 1.29 is 14.3 Å². The Morgan fingerprint density at radius 3 is 2.85 bits per heavy atom. The molecule has 0 aliphatic rings. The van der Waals surface area contributed by atoms with Crippen molar-refractivity contribution in [1.82, 2.24) is 9.97 Å². The molecule has 70 valence electrons. The van der Waals surface area contributed by atoms with Gasteiger partial charge >= 0.3 is 5.97 Å². The lowest BCUT2D eigenvalue weighted by molar-refractivity contribution is 0.0684. The molecule has 0 aromatic carbocycles. The summed E-state index contributed by atoms with van der Waals surface area (Å²) in [5, 5.41) is 8.53. The third kappa shape index (κ3) is 1.99. The van der Waals surface area contributed by atoms with Crippen molar-refractivity contribution in [3.05, 3.63) is 23.5 Å². The minimum Gasteiger partial charge on any atom is -0.476 e. The van der Waals surface area contributed by atoms with Gasteiger partial charge in [-0.2, -0.15) is 0 Å². The Hall–Kier alpha value is -1.52. The molecule has 0 spiro atoms. The van der Waals surface area contributed by atoms with Crippen LogP contribution in [0.25, 0.3) is 0 Å². The summed E-state index contributed by atoms with van der Waals surface area (Å²) in [5.41, 5.74) is -0.395. The summed E-state index contributed by atoms with van der Waals surface area (Å²) in [6, 6.07) is 0. The smallest absolute Gasteiger partial charge is 0.357 e. The van der Waals surface area contributed by atoms with Gasteiger partial charge in [0.05, 0.1) is 5.69 Å². The highest BCUT2D eigenvalue weighted by Crippen LogP contribution is 2.09. The molecule has 0 unspecified atom stereocenters. The van der Waals surface area contributed by atoms with Gasteiger partial charge in [0.25, 0.3) is 0 Å². The SMILES string of the molecule is CCCc1ncnc(C(=O)O)c1F. The van der Waals surface area contributed by atoms with Gasteiger partial charge in [0.15, 0.2) is 11.5 Å². The summed E-state index contributed by atoms with van der Waals surface area (Å²) in [5.74, 6) is -2.19. The number of carboxylic acids is 1. The largest absolute Gasteiger partial charge is 0.476 e. The Morgan fingerprint density at radius 2 is 2.31 bits per heavy atom. The van der Waals surface area contributed by atoms with Crippen molar-refractivity contribution in [2.45, 2.75) is 19.8 Å². The predicted molar refractivity (Wildman–Crippen MR) is 42.9 cm³/mol. The first-order valence-electron chi connectivity index (χ1n) is 3.89. The maximum Gasteiger partial charge on any atom is 0.357 e. The summed E-state index contributed by atoms with van der Waals surface area (Å²) < 4.78 is 13.2. The monoisotopic (exact) mass is 184 g/mol. The molecule has 0 atom stereocenters. The molecule has 0 radical (unpaired) electrons. The van der Waals surface area contributed by atoms with Gasteiger partial charge in [-0.05, 0) is 6.42 Å². The lowest BCUT2D eigenvalue weighted by Gasteiger charge is -2.01. The normalized spacial score (nSPS) is 10.0. The van der Waals surface area contributed by atoms with Gasteiger partial charge in [0.2, 0.25) is 0 Å². The number of aromatic carboxylic acids is 1. The van der Waals surface area contributed by atoms with Crippen LogP contribution in [-0.4, -0.2) is 21.0 Å². The van der Waals surface area contributed by atoms with Crippen molar-refractivity contribution in [1.29, 1.82) is 0 Å². The Bertz CT molecular complexity index is 328. The van der Waals surface area contributed by atoms with Gasteiger partial charge < -0.3 is 5.11 Å². The van der Waals surface area contributed by atoms with Gasteiger partial charge in [0, 0.05) is 0 Å². The minimum absolute atomic E-state index is 0.162. The number of carboxylic acid groups (broad SMARTS) is 1. The maximum atomic E-state index is 13.2. The van der Waals surface area contributed by atoms with Gasteiger partial charge in [-0.3, -0.25) is 0 Å². The predicted octanol–water partition coefficient (Wildman–Crippen LogP) is 1.27. The average Bonchev–Trinajstić information content (AvgIpc) is 2.08. The number of nitrogens with zero attached hydrogens (tertiary/aromatic N) is 2. The molecule has 0 amide bonds. The second kappa shape index (κ2) is 3.93. The molecular formula is C8H9FN2O2. The highest BCUT2D eigenvalue weighted by Gasteiger charge is 2.15. The number of aryl methyl sites for hydroxylation is 1. The number of hydrogen-bond acceptors (Lipinski definition) is 3. The standard InChI is InChI=1S/C8H9FN2O2/c1-2-3-5-6(9)7(8(12)13)11-4-10-5/h4H,2-3H2,1H3,(H,12,13). The molecule has 0 saturated carbocycles. The molecule has 0 bridgehead atoms. The Labute approximate surface area is 74.5 Å². The van der Waals surface area contributed by atoms with E-state index >= 15 is 0 Å². The van der Waals surface area contributed by atoms with Crippen LogP contribution in [0.4, 0.5) is 4.39 Å². The first kappa shape index (κ1) is 9.57. The van der Waals surface area contributed by atoms with E-state index < -0.39 is 17.5 Å². The van der Waals surface area contributed by atoms with Gasteiger partial charge in [-0.1, -0.05) is 13.3 Å². The van der Waals surface area contributed by atoms with E-state index in [4.69, 9.17) is 5.11 Å². The van der Waals surface area contributed by atoms with Crippen molar-refractivity contribution in [2.75, 3.05) is 0 Å². The van der Waals surface area contributed by atoms with E-state index in [1.165, 1.54) is 0 Å². The first-order valence-corrected chi connectivity index (χ1v) is 3.89. The zero-order chi connectivity index (χ0) is 9.84. The molecule has 0 fully saturated rings. The van der Waals surface area contributed by atoms with Crippen LogP contribution in [0.3, 0.4) is 0 Å². The number of carbonyl (C=O) groups is 1. The minimum atomic E-state index is -1.36.